The predicted octanol–water partition coefficient (Wildman–Crippen LogP) is 7.76. The van der Waals surface area contributed by atoms with E-state index in [1.807, 2.05) is 11.0 Å². The molecular weight excluding hydrogens is 633 g/mol. The first kappa shape index (κ1) is 35.2. The third kappa shape index (κ3) is 8.01. The number of alkyl halides is 6. The van der Waals surface area contributed by atoms with Gasteiger partial charge in [-0.05, 0) is 92.6 Å². The fourth-order valence-corrected chi connectivity index (χ4v) is 5.57. The molecule has 250 valence electrons. The highest BCUT2D eigenvalue weighted by molar-refractivity contribution is 5.94. The first-order valence-electron chi connectivity index (χ1n) is 14.6. The van der Waals surface area contributed by atoms with Gasteiger partial charge in [0.05, 0.1) is 28.8 Å². The van der Waals surface area contributed by atoms with E-state index < -0.39 is 58.6 Å². The zero-order valence-corrected chi connectivity index (χ0v) is 25.6. The van der Waals surface area contributed by atoms with Crippen LogP contribution in [0.4, 0.5) is 42.2 Å². The Labute approximate surface area is 266 Å². The molecule has 4 rings (SSSR count). The summed E-state index contributed by atoms with van der Waals surface area (Å²) in [5, 5.41) is 22.1. The monoisotopic (exact) mass is 664 g/mol. The predicted molar refractivity (Wildman–Crippen MR) is 159 cm³/mol. The molecule has 0 saturated carbocycles. The highest BCUT2D eigenvalue weighted by atomic mass is 19.4. The number of halogens is 7. The quantitative estimate of drug-likeness (QED) is 0.225. The molecule has 3 aromatic rings. The van der Waals surface area contributed by atoms with E-state index in [0.29, 0.717) is 60.6 Å². The summed E-state index contributed by atoms with van der Waals surface area (Å²) in [5.74, 6) is -1.84. The normalized spacial score (nSPS) is 14.5. The second kappa shape index (κ2) is 13.2. The lowest BCUT2D eigenvalue weighted by Gasteiger charge is -2.33. The summed E-state index contributed by atoms with van der Waals surface area (Å²) in [4.78, 5) is 31.0. The van der Waals surface area contributed by atoms with Crippen molar-refractivity contribution in [2.75, 3.05) is 29.9 Å². The van der Waals surface area contributed by atoms with Crippen molar-refractivity contribution in [1.29, 1.82) is 5.26 Å². The summed E-state index contributed by atoms with van der Waals surface area (Å²) in [6.07, 6.45) is -9.05. The summed E-state index contributed by atoms with van der Waals surface area (Å²) >= 11 is 0. The fraction of sp³-hybridized carbons (Fsp3) is 0.394. The molecule has 2 aromatic carbocycles. The van der Waals surface area contributed by atoms with Crippen LogP contribution in [0.3, 0.4) is 0 Å². The van der Waals surface area contributed by atoms with Gasteiger partial charge in [0.15, 0.2) is 11.5 Å². The van der Waals surface area contributed by atoms with Crippen LogP contribution in [0, 0.1) is 30.0 Å². The molecule has 1 aliphatic rings. The van der Waals surface area contributed by atoms with Crippen LogP contribution in [0.1, 0.15) is 61.1 Å². The molecule has 2 heterocycles. The van der Waals surface area contributed by atoms with Gasteiger partial charge in [0.2, 0.25) is 0 Å². The molecule has 0 unspecified atom stereocenters. The number of aliphatic carboxylic acids is 1. The highest BCUT2D eigenvalue weighted by Crippen LogP contribution is 2.40. The van der Waals surface area contributed by atoms with Gasteiger partial charge in [-0.2, -0.15) is 31.6 Å². The van der Waals surface area contributed by atoms with Crippen LogP contribution in [0.25, 0.3) is 11.1 Å². The second-order valence-corrected chi connectivity index (χ2v) is 12.0. The summed E-state index contributed by atoms with van der Waals surface area (Å²) in [6, 6.07) is 8.57. The van der Waals surface area contributed by atoms with Crippen molar-refractivity contribution in [1.82, 2.24) is 4.98 Å². The fourth-order valence-electron chi connectivity index (χ4n) is 5.57. The zero-order chi connectivity index (χ0) is 34.9. The molecule has 0 spiro atoms. The Morgan fingerprint density at radius 2 is 1.53 bits per heavy atom. The standard InChI is InChI=1S/C33H31F7N4O3/c1-18-10-23(34)4-5-24(18)25-15-28(44-8-6-19(7-9-44)11-29(46)47)43-26(16-41)30(25)42-17-27(45)31(2,3)20-12-21(32(35,36)37)14-22(13-20)33(38,39)40/h4-5,10,12-15,19,42H,6-9,11,17H2,1-3H3,(H,46,47). The lowest BCUT2D eigenvalue weighted by atomic mass is 9.79. The molecule has 0 bridgehead atoms. The maximum Gasteiger partial charge on any atom is 0.416 e. The van der Waals surface area contributed by atoms with E-state index in [-0.39, 0.29) is 29.8 Å². The number of benzene rings is 2. The molecule has 0 aliphatic carbocycles. The number of aromatic nitrogens is 1. The molecule has 14 heteroatoms. The third-order valence-electron chi connectivity index (χ3n) is 8.42. The number of aryl methyl sites for hydroxylation is 1. The number of carboxylic acids is 1. The summed E-state index contributed by atoms with van der Waals surface area (Å²) in [5.41, 5.74) is -4.21. The number of ketones is 1. The van der Waals surface area contributed by atoms with E-state index >= 15 is 0 Å². The van der Waals surface area contributed by atoms with Crippen LogP contribution in [-0.2, 0) is 27.4 Å². The van der Waals surface area contributed by atoms with E-state index in [9.17, 15) is 45.6 Å². The molecule has 0 radical (unpaired) electrons. The van der Waals surface area contributed by atoms with Crippen LogP contribution in [0.5, 0.6) is 0 Å². The molecule has 1 fully saturated rings. The topological polar surface area (TPSA) is 106 Å². The summed E-state index contributed by atoms with van der Waals surface area (Å²) < 4.78 is 95.2. The third-order valence-corrected chi connectivity index (χ3v) is 8.42. The minimum absolute atomic E-state index is 0.0132. The minimum atomic E-state index is -5.10. The Bertz CT molecular complexity index is 1690. The van der Waals surface area contributed by atoms with Crippen molar-refractivity contribution in [2.45, 2.75) is 57.8 Å². The lowest BCUT2D eigenvalue weighted by Crippen LogP contribution is -2.36. The van der Waals surface area contributed by atoms with Crippen LogP contribution >= 0.6 is 0 Å². The molecule has 0 amide bonds. The van der Waals surface area contributed by atoms with Crippen LogP contribution < -0.4 is 10.2 Å². The molecule has 1 aliphatic heterocycles. The number of nitrogens with one attached hydrogen (secondary N) is 1. The number of carboxylic acid groups (broad SMARTS) is 1. The van der Waals surface area contributed by atoms with E-state index in [0.717, 1.165) is 0 Å². The van der Waals surface area contributed by atoms with Crippen molar-refractivity contribution in [3.8, 4) is 17.2 Å². The molecular formula is C33H31F7N4O3. The number of nitrogens with zero attached hydrogens (tertiary/aromatic N) is 3. The number of carbonyl (C=O) groups excluding carboxylic acids is 1. The lowest BCUT2D eigenvalue weighted by molar-refractivity contribution is -0.143. The van der Waals surface area contributed by atoms with Crippen molar-refractivity contribution in [3.63, 3.8) is 0 Å². The van der Waals surface area contributed by atoms with Crippen LogP contribution in [-0.4, -0.2) is 41.5 Å². The van der Waals surface area contributed by atoms with Gasteiger partial charge in [-0.15, -0.1) is 0 Å². The maximum atomic E-state index is 14.0. The number of piperidine rings is 1. The van der Waals surface area contributed by atoms with Gasteiger partial charge < -0.3 is 15.3 Å². The van der Waals surface area contributed by atoms with Crippen molar-refractivity contribution in [3.05, 3.63) is 76.2 Å². The van der Waals surface area contributed by atoms with Crippen molar-refractivity contribution in [2.24, 2.45) is 5.92 Å². The number of pyridine rings is 1. The van der Waals surface area contributed by atoms with Gasteiger partial charge in [0.25, 0.3) is 0 Å². The number of nitriles is 1. The average molecular weight is 665 g/mol. The SMILES string of the molecule is Cc1cc(F)ccc1-c1cc(N2CCC(CC(=O)O)CC2)nc(C#N)c1NCC(=O)C(C)(C)c1cc(C(F)(F)F)cc(C(F)(F)F)c1. The zero-order valence-electron chi connectivity index (χ0n) is 25.6. The summed E-state index contributed by atoms with van der Waals surface area (Å²) in [6.45, 7) is 4.35. The number of rotatable bonds is 9. The molecule has 1 aromatic heterocycles. The number of carbonyl (C=O) groups is 2. The Morgan fingerprint density at radius 3 is 2.04 bits per heavy atom. The van der Waals surface area contributed by atoms with Gasteiger partial charge in [-0.25, -0.2) is 9.37 Å². The molecule has 0 atom stereocenters. The highest BCUT2D eigenvalue weighted by Gasteiger charge is 2.40. The van der Waals surface area contributed by atoms with Gasteiger partial charge in [0, 0.05) is 25.1 Å². The average Bonchev–Trinajstić information content (AvgIpc) is 2.98. The number of hydrogen-bond acceptors (Lipinski definition) is 6. The first-order valence-corrected chi connectivity index (χ1v) is 14.6. The second-order valence-electron chi connectivity index (χ2n) is 12.0. The molecule has 1 saturated heterocycles. The molecule has 7 nitrogen and oxygen atoms in total. The summed E-state index contributed by atoms with van der Waals surface area (Å²) in [7, 11) is 0. The molecule has 2 N–H and O–H groups in total. The largest absolute Gasteiger partial charge is 0.481 e. The van der Waals surface area contributed by atoms with Crippen molar-refractivity contribution >= 4 is 23.3 Å². The molecule has 47 heavy (non-hydrogen) atoms. The van der Waals surface area contributed by atoms with E-state index in [1.54, 1.807) is 13.0 Å². The van der Waals surface area contributed by atoms with Crippen LogP contribution in [0.2, 0.25) is 0 Å². The number of hydrogen-bond donors (Lipinski definition) is 2. The van der Waals surface area contributed by atoms with E-state index in [4.69, 9.17) is 5.11 Å². The smallest absolute Gasteiger partial charge is 0.416 e. The van der Waals surface area contributed by atoms with Gasteiger partial charge in [-0.1, -0.05) is 6.07 Å². The van der Waals surface area contributed by atoms with Gasteiger partial charge >= 0.3 is 18.3 Å². The Kier molecular flexibility index (Phi) is 9.89. The Hall–Kier alpha value is -4.67. The van der Waals surface area contributed by atoms with Gasteiger partial charge in [-0.3, -0.25) is 9.59 Å². The van der Waals surface area contributed by atoms with E-state index in [1.165, 1.54) is 32.0 Å². The number of anilines is 2. The first-order chi connectivity index (χ1) is 21.8. The Balaban J connectivity index is 1.71. The maximum absolute atomic E-state index is 14.0. The Morgan fingerprint density at radius 1 is 0.957 bits per heavy atom. The van der Waals surface area contributed by atoms with Crippen LogP contribution in [0.15, 0.2) is 42.5 Å². The van der Waals surface area contributed by atoms with E-state index in [2.05, 4.69) is 10.3 Å². The minimum Gasteiger partial charge on any atom is -0.481 e. The van der Waals surface area contributed by atoms with Gasteiger partial charge in [0.1, 0.15) is 17.7 Å². The number of Topliss-reactive ketones (excluding diaryl/α,β-unsaturated/α-hetero) is 1. The van der Waals surface area contributed by atoms with Crippen molar-refractivity contribution < 1.29 is 45.4 Å².